The standard InChI is InChI=1S/C20H28N2O4/c1-18(2,3)26-17(25)22-19(4,5)7-21-16(24)20-12-9-6-8-10(12)14(20)15(23)11(8)13(9)20/h8-14H,6-7H2,1-5H3,(H,21,24)(H,22,25)/t8-,9+,10-,11-,12-,13-,14+,20-/m0/s1. The molecule has 6 nitrogen and oxygen atoms in total. The van der Waals surface area contributed by atoms with Gasteiger partial charge in [0.05, 0.1) is 11.0 Å². The second-order valence-corrected chi connectivity index (χ2v) is 10.7. The quantitative estimate of drug-likeness (QED) is 0.800. The Balaban J connectivity index is 1.23. The van der Waals surface area contributed by atoms with Gasteiger partial charge in [0.25, 0.3) is 0 Å². The van der Waals surface area contributed by atoms with Crippen LogP contribution in [0.5, 0.6) is 0 Å². The summed E-state index contributed by atoms with van der Waals surface area (Å²) in [6.07, 6.45) is 0.686. The summed E-state index contributed by atoms with van der Waals surface area (Å²) in [7, 11) is 0. The van der Waals surface area contributed by atoms with Gasteiger partial charge in [0.2, 0.25) is 5.91 Å². The Hall–Kier alpha value is -1.59. The van der Waals surface area contributed by atoms with Crippen molar-refractivity contribution in [3.05, 3.63) is 0 Å². The van der Waals surface area contributed by atoms with E-state index < -0.39 is 22.6 Å². The third-order valence-electron chi connectivity index (χ3n) is 7.79. The molecule has 2 amide bonds. The van der Waals surface area contributed by atoms with E-state index in [2.05, 4.69) is 10.6 Å². The SMILES string of the molecule is CC(C)(CNC(=O)[C@@]12[C@H]3[C@@H]4C[C@@H]5[C@@H]3C(=O)[C@H]1[C@@H]5[C@H]42)NC(=O)OC(C)(C)C. The van der Waals surface area contributed by atoms with Crippen LogP contribution in [0.2, 0.25) is 0 Å². The van der Waals surface area contributed by atoms with Gasteiger partial charge in [0.15, 0.2) is 0 Å². The van der Waals surface area contributed by atoms with Gasteiger partial charge in [-0.15, -0.1) is 0 Å². The number of ketones is 1. The Morgan fingerprint density at radius 1 is 1.15 bits per heavy atom. The molecule has 6 saturated carbocycles. The van der Waals surface area contributed by atoms with Crippen molar-refractivity contribution in [3.8, 4) is 0 Å². The van der Waals surface area contributed by atoms with Gasteiger partial charge in [-0.2, -0.15) is 0 Å². The normalized spacial score (nSPS) is 46.0. The zero-order valence-electron chi connectivity index (χ0n) is 16.1. The zero-order chi connectivity index (χ0) is 18.8. The monoisotopic (exact) mass is 360 g/mol. The first-order chi connectivity index (χ1) is 12.0. The van der Waals surface area contributed by atoms with Crippen LogP contribution in [0.1, 0.15) is 41.0 Å². The van der Waals surface area contributed by atoms with Gasteiger partial charge in [0.1, 0.15) is 11.4 Å². The second-order valence-electron chi connectivity index (χ2n) is 10.7. The summed E-state index contributed by atoms with van der Waals surface area (Å²) in [6.45, 7) is 9.51. The van der Waals surface area contributed by atoms with E-state index in [1.165, 1.54) is 6.42 Å². The van der Waals surface area contributed by atoms with Gasteiger partial charge < -0.3 is 15.4 Å². The highest BCUT2D eigenvalue weighted by Crippen LogP contribution is 2.92. The maximum atomic E-state index is 13.1. The number of ether oxygens (including phenoxy) is 1. The van der Waals surface area contributed by atoms with Gasteiger partial charge in [0, 0.05) is 18.4 Å². The highest BCUT2D eigenvalue weighted by Gasteiger charge is 2.96. The van der Waals surface area contributed by atoms with E-state index in [-0.39, 0.29) is 17.7 Å². The van der Waals surface area contributed by atoms with Crippen LogP contribution in [0.15, 0.2) is 0 Å². The molecule has 6 fully saturated rings. The molecule has 0 aromatic heterocycles. The first-order valence-corrected chi connectivity index (χ1v) is 9.82. The number of carbonyl (C=O) groups is 3. The number of alkyl carbamates (subject to hydrolysis) is 1. The van der Waals surface area contributed by atoms with Crippen LogP contribution in [0.4, 0.5) is 4.79 Å². The van der Waals surface area contributed by atoms with Crippen molar-refractivity contribution in [1.82, 2.24) is 10.6 Å². The van der Waals surface area contributed by atoms with Crippen LogP contribution in [0.25, 0.3) is 0 Å². The molecule has 0 aromatic rings. The summed E-state index contributed by atoms with van der Waals surface area (Å²) < 4.78 is 5.30. The molecule has 142 valence electrons. The van der Waals surface area contributed by atoms with Crippen molar-refractivity contribution in [3.63, 3.8) is 0 Å². The Morgan fingerprint density at radius 2 is 1.85 bits per heavy atom. The lowest BCUT2D eigenvalue weighted by Gasteiger charge is -2.70. The predicted octanol–water partition coefficient (Wildman–Crippen LogP) is 1.73. The fraction of sp³-hybridized carbons (Fsp3) is 0.850. The van der Waals surface area contributed by atoms with Crippen LogP contribution in [0, 0.1) is 46.8 Å². The summed E-state index contributed by atoms with van der Waals surface area (Å²) in [6, 6.07) is 0. The van der Waals surface area contributed by atoms with Gasteiger partial charge >= 0.3 is 6.09 Å². The third-order valence-corrected chi connectivity index (χ3v) is 7.79. The smallest absolute Gasteiger partial charge is 0.408 e. The summed E-state index contributed by atoms with van der Waals surface area (Å²) in [4.78, 5) is 37.7. The molecule has 6 aliphatic carbocycles. The van der Waals surface area contributed by atoms with Crippen LogP contribution >= 0.6 is 0 Å². The van der Waals surface area contributed by atoms with E-state index >= 15 is 0 Å². The number of Topliss-reactive ketones (excluding diaryl/α,β-unsaturated/α-hetero) is 1. The highest BCUT2D eigenvalue weighted by atomic mass is 16.6. The third kappa shape index (κ3) is 1.67. The number of amides is 2. The second kappa shape index (κ2) is 4.45. The molecule has 0 unspecified atom stereocenters. The molecular weight excluding hydrogens is 332 g/mol. The Labute approximate surface area is 153 Å². The van der Waals surface area contributed by atoms with Crippen LogP contribution in [-0.2, 0) is 14.3 Å². The van der Waals surface area contributed by atoms with E-state index in [0.717, 1.165) is 0 Å². The minimum atomic E-state index is -0.619. The van der Waals surface area contributed by atoms with E-state index in [1.807, 2.05) is 34.6 Å². The average Bonchev–Trinajstić information content (AvgIpc) is 2.97. The lowest BCUT2D eigenvalue weighted by molar-refractivity contribution is -0.248. The van der Waals surface area contributed by atoms with Gasteiger partial charge in [-0.05, 0) is 70.6 Å². The topological polar surface area (TPSA) is 84.5 Å². The van der Waals surface area contributed by atoms with E-state index in [9.17, 15) is 14.4 Å². The maximum absolute atomic E-state index is 13.1. The molecule has 4 bridgehead atoms. The van der Waals surface area contributed by atoms with Crippen molar-refractivity contribution in [2.24, 2.45) is 46.8 Å². The fourth-order valence-corrected chi connectivity index (χ4v) is 7.50. The maximum Gasteiger partial charge on any atom is 0.408 e. The van der Waals surface area contributed by atoms with Crippen LogP contribution in [0.3, 0.4) is 0 Å². The summed E-state index contributed by atoms with van der Waals surface area (Å²) in [5.41, 5.74) is -1.58. The van der Waals surface area contributed by atoms with Gasteiger partial charge in [-0.25, -0.2) is 4.79 Å². The fourth-order valence-electron chi connectivity index (χ4n) is 7.50. The van der Waals surface area contributed by atoms with E-state index in [1.54, 1.807) is 0 Å². The molecule has 6 aliphatic rings. The number of hydrogen-bond acceptors (Lipinski definition) is 4. The molecule has 2 N–H and O–H groups in total. The summed E-state index contributed by atoms with van der Waals surface area (Å²) in [5.74, 6) is 3.06. The van der Waals surface area contributed by atoms with Crippen molar-refractivity contribution in [2.75, 3.05) is 6.54 Å². The number of rotatable bonds is 4. The molecular formula is C20H28N2O4. The lowest BCUT2D eigenvalue weighted by Crippen LogP contribution is -2.75. The number of carbonyl (C=O) groups excluding carboxylic acids is 3. The van der Waals surface area contributed by atoms with E-state index in [0.29, 0.717) is 41.9 Å². The molecule has 0 saturated heterocycles. The van der Waals surface area contributed by atoms with Crippen LogP contribution < -0.4 is 10.6 Å². The Kier molecular flexibility index (Phi) is 2.84. The molecule has 0 heterocycles. The van der Waals surface area contributed by atoms with Crippen LogP contribution in [-0.4, -0.2) is 35.5 Å². The number of nitrogens with one attached hydrogen (secondary N) is 2. The summed E-state index contributed by atoms with van der Waals surface area (Å²) in [5, 5.41) is 5.88. The predicted molar refractivity (Wildman–Crippen MR) is 92.9 cm³/mol. The molecule has 0 radical (unpaired) electrons. The largest absolute Gasteiger partial charge is 0.444 e. The van der Waals surface area contributed by atoms with E-state index in [4.69, 9.17) is 4.74 Å². The number of hydrogen-bond donors (Lipinski definition) is 2. The first-order valence-electron chi connectivity index (χ1n) is 9.82. The molecule has 0 aliphatic heterocycles. The van der Waals surface area contributed by atoms with Crippen molar-refractivity contribution < 1.29 is 19.1 Å². The molecule has 6 rings (SSSR count). The molecule has 26 heavy (non-hydrogen) atoms. The average molecular weight is 360 g/mol. The zero-order valence-corrected chi connectivity index (χ0v) is 16.1. The van der Waals surface area contributed by atoms with Gasteiger partial charge in [-0.3, -0.25) is 9.59 Å². The lowest BCUT2D eigenvalue weighted by atomic mass is 9.31. The van der Waals surface area contributed by atoms with Gasteiger partial charge in [-0.1, -0.05) is 0 Å². The first kappa shape index (κ1) is 16.6. The minimum absolute atomic E-state index is 0.00632. The molecule has 0 spiro atoms. The molecule has 6 heteroatoms. The van der Waals surface area contributed by atoms with Crippen molar-refractivity contribution in [1.29, 1.82) is 0 Å². The Morgan fingerprint density at radius 3 is 2.46 bits per heavy atom. The molecule has 8 atom stereocenters. The Bertz CT molecular complexity index is 739. The van der Waals surface area contributed by atoms with Crippen molar-refractivity contribution >= 4 is 17.8 Å². The van der Waals surface area contributed by atoms with Crippen molar-refractivity contribution in [2.45, 2.75) is 52.2 Å². The summed E-state index contributed by atoms with van der Waals surface area (Å²) >= 11 is 0. The molecule has 0 aromatic carbocycles. The minimum Gasteiger partial charge on any atom is -0.444 e. The highest BCUT2D eigenvalue weighted by molar-refractivity contribution is 6.04.